The third-order valence-electron chi connectivity index (χ3n) is 2.79. The monoisotopic (exact) mass is 307 g/mol. The Hall–Kier alpha value is -2.60. The Morgan fingerprint density at radius 3 is 2.57 bits per heavy atom. The van der Waals surface area contributed by atoms with E-state index in [1.807, 2.05) is 0 Å². The lowest BCUT2D eigenvalue weighted by atomic mass is 10.1. The maximum absolute atomic E-state index is 11.2. The molecule has 0 heterocycles. The van der Waals surface area contributed by atoms with Gasteiger partial charge in [0.1, 0.15) is 5.56 Å². The fourth-order valence-electron chi connectivity index (χ4n) is 1.84. The second-order valence-corrected chi connectivity index (χ2v) is 4.61. The first-order valence-electron chi connectivity index (χ1n) is 5.85. The van der Waals surface area contributed by atoms with Crippen LogP contribution in [0.3, 0.4) is 0 Å². The standard InChI is InChI=1S/C14H10ClNO5/c1-8-4-2-7-11(12(8)16(19)20)21-13-9(14(17)18)5-3-6-10(13)15/h2-7H,1H3,(H,17,18). The Bertz CT molecular complexity index is 729. The van der Waals surface area contributed by atoms with Gasteiger partial charge in [0.25, 0.3) is 0 Å². The Kier molecular flexibility index (Phi) is 4.09. The number of hydrogen-bond donors (Lipinski definition) is 1. The van der Waals surface area contributed by atoms with Crippen LogP contribution in [0, 0.1) is 17.0 Å². The fourth-order valence-corrected chi connectivity index (χ4v) is 2.05. The van der Waals surface area contributed by atoms with E-state index in [0.717, 1.165) is 0 Å². The van der Waals surface area contributed by atoms with Crippen molar-refractivity contribution < 1.29 is 19.6 Å². The first-order valence-corrected chi connectivity index (χ1v) is 6.23. The van der Waals surface area contributed by atoms with Crippen LogP contribution in [-0.2, 0) is 0 Å². The highest BCUT2D eigenvalue weighted by Crippen LogP contribution is 2.38. The number of carboxylic acids is 1. The van der Waals surface area contributed by atoms with Gasteiger partial charge >= 0.3 is 11.7 Å². The Labute approximate surface area is 124 Å². The molecule has 0 aliphatic carbocycles. The quantitative estimate of drug-likeness (QED) is 0.680. The fraction of sp³-hybridized carbons (Fsp3) is 0.0714. The maximum Gasteiger partial charge on any atom is 0.339 e. The summed E-state index contributed by atoms with van der Waals surface area (Å²) in [7, 11) is 0. The lowest BCUT2D eigenvalue weighted by Crippen LogP contribution is -2.02. The van der Waals surface area contributed by atoms with Crippen molar-refractivity contribution >= 4 is 23.3 Å². The number of hydrogen-bond acceptors (Lipinski definition) is 4. The van der Waals surface area contributed by atoms with Crippen molar-refractivity contribution in [2.75, 3.05) is 0 Å². The molecule has 0 aliphatic rings. The smallest absolute Gasteiger partial charge is 0.339 e. The molecule has 108 valence electrons. The van der Waals surface area contributed by atoms with Gasteiger partial charge in [-0.25, -0.2) is 4.79 Å². The van der Waals surface area contributed by atoms with Gasteiger partial charge in [-0.1, -0.05) is 29.8 Å². The van der Waals surface area contributed by atoms with E-state index in [4.69, 9.17) is 21.4 Å². The van der Waals surface area contributed by atoms with Crippen LogP contribution < -0.4 is 4.74 Å². The minimum absolute atomic E-state index is 0.0596. The molecule has 6 nitrogen and oxygen atoms in total. The number of carbonyl (C=O) groups is 1. The summed E-state index contributed by atoms with van der Waals surface area (Å²) in [6.07, 6.45) is 0. The molecule has 2 rings (SSSR count). The van der Waals surface area contributed by atoms with Crippen molar-refractivity contribution in [3.05, 3.63) is 62.7 Å². The topological polar surface area (TPSA) is 89.7 Å². The molecule has 0 saturated carbocycles. The van der Waals surface area contributed by atoms with E-state index < -0.39 is 10.9 Å². The van der Waals surface area contributed by atoms with Gasteiger partial charge in [0.2, 0.25) is 5.75 Å². The predicted octanol–water partition coefficient (Wildman–Crippen LogP) is 4.05. The number of benzene rings is 2. The molecule has 21 heavy (non-hydrogen) atoms. The number of ether oxygens (including phenoxy) is 1. The van der Waals surface area contributed by atoms with Crippen LogP contribution in [0.2, 0.25) is 5.02 Å². The summed E-state index contributed by atoms with van der Waals surface area (Å²) in [6, 6.07) is 8.75. The van der Waals surface area contributed by atoms with E-state index in [9.17, 15) is 14.9 Å². The number of nitrogens with zero attached hydrogens (tertiary/aromatic N) is 1. The number of halogens is 1. The zero-order valence-electron chi connectivity index (χ0n) is 10.9. The van der Waals surface area contributed by atoms with E-state index in [1.54, 1.807) is 19.1 Å². The minimum Gasteiger partial charge on any atom is -0.478 e. The van der Waals surface area contributed by atoms with E-state index in [-0.39, 0.29) is 27.8 Å². The largest absolute Gasteiger partial charge is 0.478 e. The number of para-hydroxylation sites is 2. The Morgan fingerprint density at radius 1 is 1.29 bits per heavy atom. The van der Waals surface area contributed by atoms with Gasteiger partial charge in [0.15, 0.2) is 5.75 Å². The zero-order valence-corrected chi connectivity index (χ0v) is 11.6. The zero-order chi connectivity index (χ0) is 15.6. The van der Waals surface area contributed by atoms with Crippen LogP contribution in [0.25, 0.3) is 0 Å². The van der Waals surface area contributed by atoms with Gasteiger partial charge in [-0.2, -0.15) is 0 Å². The van der Waals surface area contributed by atoms with Crippen LogP contribution in [0.4, 0.5) is 5.69 Å². The van der Waals surface area contributed by atoms with E-state index in [2.05, 4.69) is 0 Å². The molecule has 0 saturated heterocycles. The normalized spacial score (nSPS) is 10.2. The van der Waals surface area contributed by atoms with Gasteiger partial charge in [-0.15, -0.1) is 0 Å². The van der Waals surface area contributed by atoms with Gasteiger partial charge in [-0.05, 0) is 25.1 Å². The highest BCUT2D eigenvalue weighted by Gasteiger charge is 2.22. The highest BCUT2D eigenvalue weighted by atomic mass is 35.5. The highest BCUT2D eigenvalue weighted by molar-refractivity contribution is 6.32. The van der Waals surface area contributed by atoms with Gasteiger partial charge in [0, 0.05) is 5.56 Å². The summed E-state index contributed by atoms with van der Waals surface area (Å²) in [4.78, 5) is 21.7. The summed E-state index contributed by atoms with van der Waals surface area (Å²) >= 11 is 5.94. The van der Waals surface area contributed by atoms with Crippen molar-refractivity contribution in [3.63, 3.8) is 0 Å². The summed E-state index contributed by atoms with van der Waals surface area (Å²) in [5.74, 6) is -1.42. The molecule has 0 amide bonds. The molecule has 2 aromatic rings. The van der Waals surface area contributed by atoms with Gasteiger partial charge in [-0.3, -0.25) is 10.1 Å². The first kappa shape index (κ1) is 14.8. The van der Waals surface area contributed by atoms with Crippen molar-refractivity contribution in [1.29, 1.82) is 0 Å². The molecular formula is C14H10ClNO5. The third kappa shape index (κ3) is 2.95. The van der Waals surface area contributed by atoms with Crippen molar-refractivity contribution in [2.45, 2.75) is 6.92 Å². The summed E-state index contributed by atoms with van der Waals surface area (Å²) < 4.78 is 5.42. The SMILES string of the molecule is Cc1cccc(Oc2c(Cl)cccc2C(=O)O)c1[N+](=O)[O-]. The lowest BCUT2D eigenvalue weighted by Gasteiger charge is -2.11. The summed E-state index contributed by atoms with van der Waals surface area (Å²) in [5, 5.41) is 20.3. The molecule has 0 aromatic heterocycles. The van der Waals surface area contributed by atoms with E-state index >= 15 is 0 Å². The molecule has 7 heteroatoms. The first-order chi connectivity index (χ1) is 9.91. The number of nitro benzene ring substituents is 1. The number of nitro groups is 1. The number of aryl methyl sites for hydroxylation is 1. The summed E-state index contributed by atoms with van der Waals surface area (Å²) in [6.45, 7) is 1.57. The Morgan fingerprint density at radius 2 is 1.95 bits per heavy atom. The van der Waals surface area contributed by atoms with E-state index in [1.165, 1.54) is 24.3 Å². The molecule has 2 aromatic carbocycles. The number of aromatic carboxylic acids is 1. The van der Waals surface area contributed by atoms with Crippen molar-refractivity contribution in [1.82, 2.24) is 0 Å². The molecule has 0 aliphatic heterocycles. The van der Waals surface area contributed by atoms with E-state index in [0.29, 0.717) is 5.56 Å². The minimum atomic E-state index is -1.23. The summed E-state index contributed by atoms with van der Waals surface area (Å²) in [5.41, 5.74) is 0.00786. The molecule has 0 radical (unpaired) electrons. The molecule has 0 spiro atoms. The van der Waals surface area contributed by atoms with Crippen LogP contribution in [0.1, 0.15) is 15.9 Å². The predicted molar refractivity (Wildman–Crippen MR) is 76.3 cm³/mol. The molecule has 0 fully saturated rings. The lowest BCUT2D eigenvalue weighted by molar-refractivity contribution is -0.386. The molecule has 0 bridgehead atoms. The van der Waals surface area contributed by atoms with Gasteiger partial charge < -0.3 is 9.84 Å². The second kappa shape index (κ2) is 5.80. The molecule has 0 unspecified atom stereocenters. The van der Waals surface area contributed by atoms with Crippen LogP contribution in [0.5, 0.6) is 11.5 Å². The Balaban J connectivity index is 2.56. The number of carboxylic acid groups (broad SMARTS) is 1. The molecule has 1 N–H and O–H groups in total. The van der Waals surface area contributed by atoms with Crippen molar-refractivity contribution in [3.8, 4) is 11.5 Å². The maximum atomic E-state index is 11.2. The average molecular weight is 308 g/mol. The van der Waals surface area contributed by atoms with Crippen LogP contribution in [-0.4, -0.2) is 16.0 Å². The molecule has 0 atom stereocenters. The number of rotatable bonds is 4. The van der Waals surface area contributed by atoms with Crippen LogP contribution >= 0.6 is 11.6 Å². The third-order valence-corrected chi connectivity index (χ3v) is 3.09. The van der Waals surface area contributed by atoms with Crippen molar-refractivity contribution in [2.24, 2.45) is 0 Å². The van der Waals surface area contributed by atoms with Gasteiger partial charge in [0.05, 0.1) is 9.95 Å². The van der Waals surface area contributed by atoms with Crippen LogP contribution in [0.15, 0.2) is 36.4 Å². The second-order valence-electron chi connectivity index (χ2n) is 4.20. The molecular weight excluding hydrogens is 298 g/mol. The average Bonchev–Trinajstić information content (AvgIpc) is 2.40.